The number of ether oxygens (including phenoxy) is 1. The molecule has 0 saturated carbocycles. The predicted molar refractivity (Wildman–Crippen MR) is 112 cm³/mol. The number of alkyl halides is 3. The lowest BCUT2D eigenvalue weighted by atomic mass is 10.1. The zero-order valence-corrected chi connectivity index (χ0v) is 16.8. The van der Waals surface area contributed by atoms with Crippen LogP contribution in [0.15, 0.2) is 73.6 Å². The molecule has 2 heterocycles. The van der Waals surface area contributed by atoms with Crippen molar-refractivity contribution in [2.45, 2.75) is 12.6 Å². The lowest BCUT2D eigenvalue weighted by Crippen LogP contribution is -2.31. The van der Waals surface area contributed by atoms with Crippen LogP contribution < -0.4 is 9.64 Å². The summed E-state index contributed by atoms with van der Waals surface area (Å²) in [6.45, 7) is 3.89. The molecule has 0 unspecified atom stereocenters. The fourth-order valence-electron chi connectivity index (χ4n) is 3.05. The molecule has 0 aliphatic rings. The number of amides is 1. The van der Waals surface area contributed by atoms with Crippen molar-refractivity contribution in [2.24, 2.45) is 0 Å². The van der Waals surface area contributed by atoms with Crippen molar-refractivity contribution in [1.29, 1.82) is 0 Å². The van der Waals surface area contributed by atoms with E-state index >= 15 is 0 Å². The first-order chi connectivity index (χ1) is 14.8. The molecule has 0 N–H and O–H groups in total. The van der Waals surface area contributed by atoms with Gasteiger partial charge in [0.05, 0.1) is 30.3 Å². The zero-order chi connectivity index (χ0) is 22.4. The summed E-state index contributed by atoms with van der Waals surface area (Å²) >= 11 is 0. The van der Waals surface area contributed by atoms with E-state index in [1.165, 1.54) is 36.4 Å². The van der Waals surface area contributed by atoms with E-state index < -0.39 is 11.7 Å². The Hall–Kier alpha value is -3.68. The van der Waals surface area contributed by atoms with Crippen LogP contribution in [0.3, 0.4) is 0 Å². The van der Waals surface area contributed by atoms with Gasteiger partial charge in [0.2, 0.25) is 11.8 Å². The summed E-state index contributed by atoms with van der Waals surface area (Å²) in [5.74, 6) is 0.191. The number of carbonyl (C=O) groups is 1. The standard InChI is InChI=1S/C23H20F3N3O2/c1-3-21(30)29(14-12-17-5-4-13-27-22(17)31-2)19-10-11-20(28-15-19)16-6-8-18(9-7-16)23(24,25)26/h3-11,13,15H,1,12,14H2,2H3. The minimum Gasteiger partial charge on any atom is -0.481 e. The topological polar surface area (TPSA) is 55.3 Å². The normalized spacial score (nSPS) is 11.1. The van der Waals surface area contributed by atoms with Crippen LogP contribution in [0, 0.1) is 0 Å². The van der Waals surface area contributed by atoms with Gasteiger partial charge in [0, 0.05) is 23.9 Å². The number of nitrogens with zero attached hydrogens (tertiary/aromatic N) is 3. The number of halogens is 3. The molecule has 160 valence electrons. The largest absolute Gasteiger partial charge is 0.481 e. The fraction of sp³-hybridized carbons (Fsp3) is 0.174. The van der Waals surface area contributed by atoms with Gasteiger partial charge in [-0.25, -0.2) is 4.98 Å². The van der Waals surface area contributed by atoms with Crippen LogP contribution in [0.25, 0.3) is 11.3 Å². The van der Waals surface area contributed by atoms with Gasteiger partial charge in [0.25, 0.3) is 0 Å². The molecule has 0 aliphatic heterocycles. The summed E-state index contributed by atoms with van der Waals surface area (Å²) in [6, 6.07) is 11.8. The van der Waals surface area contributed by atoms with Crippen molar-refractivity contribution < 1.29 is 22.7 Å². The molecule has 5 nitrogen and oxygen atoms in total. The molecule has 31 heavy (non-hydrogen) atoms. The molecule has 3 rings (SSSR count). The first kappa shape index (κ1) is 22.0. The SMILES string of the molecule is C=CC(=O)N(CCc1cccnc1OC)c1ccc(-c2ccc(C(F)(F)F)cc2)nc1. The van der Waals surface area contributed by atoms with Crippen molar-refractivity contribution >= 4 is 11.6 Å². The molecule has 0 spiro atoms. The van der Waals surface area contributed by atoms with Crippen LogP contribution in [0.2, 0.25) is 0 Å². The van der Waals surface area contributed by atoms with Crippen LogP contribution in [-0.2, 0) is 17.4 Å². The number of methoxy groups -OCH3 is 1. The molecular weight excluding hydrogens is 407 g/mol. The third kappa shape index (κ3) is 5.28. The molecule has 0 fully saturated rings. The van der Waals surface area contributed by atoms with Gasteiger partial charge in [-0.15, -0.1) is 0 Å². The lowest BCUT2D eigenvalue weighted by Gasteiger charge is -2.21. The molecule has 0 atom stereocenters. The van der Waals surface area contributed by atoms with Crippen molar-refractivity contribution in [3.8, 4) is 17.1 Å². The molecule has 0 aliphatic carbocycles. The van der Waals surface area contributed by atoms with Crippen LogP contribution in [-0.4, -0.2) is 29.5 Å². The predicted octanol–water partition coefficient (Wildman–Crippen LogP) is 4.93. The van der Waals surface area contributed by atoms with Crippen molar-refractivity contribution in [3.05, 3.63) is 84.7 Å². The zero-order valence-electron chi connectivity index (χ0n) is 16.8. The maximum Gasteiger partial charge on any atom is 0.416 e. The third-order valence-electron chi connectivity index (χ3n) is 4.66. The second kappa shape index (κ2) is 9.42. The highest BCUT2D eigenvalue weighted by molar-refractivity contribution is 6.01. The summed E-state index contributed by atoms with van der Waals surface area (Å²) in [7, 11) is 1.53. The van der Waals surface area contributed by atoms with Crippen molar-refractivity contribution in [2.75, 3.05) is 18.6 Å². The number of anilines is 1. The van der Waals surface area contributed by atoms with Gasteiger partial charge in [-0.05, 0) is 42.8 Å². The number of aromatic nitrogens is 2. The van der Waals surface area contributed by atoms with Gasteiger partial charge in [-0.1, -0.05) is 24.8 Å². The van der Waals surface area contributed by atoms with E-state index in [0.29, 0.717) is 35.8 Å². The molecule has 0 radical (unpaired) electrons. The highest BCUT2D eigenvalue weighted by atomic mass is 19.4. The maximum atomic E-state index is 12.7. The minimum atomic E-state index is -4.39. The monoisotopic (exact) mass is 427 g/mol. The van der Waals surface area contributed by atoms with Gasteiger partial charge >= 0.3 is 6.18 Å². The second-order valence-corrected chi connectivity index (χ2v) is 6.59. The molecule has 2 aromatic heterocycles. The van der Waals surface area contributed by atoms with E-state index in [1.54, 1.807) is 24.4 Å². The summed E-state index contributed by atoms with van der Waals surface area (Å²) in [5.41, 5.74) is 1.71. The van der Waals surface area contributed by atoms with E-state index in [4.69, 9.17) is 4.74 Å². The number of pyridine rings is 2. The van der Waals surface area contributed by atoms with E-state index in [9.17, 15) is 18.0 Å². The maximum absolute atomic E-state index is 12.7. The second-order valence-electron chi connectivity index (χ2n) is 6.59. The minimum absolute atomic E-state index is 0.299. The van der Waals surface area contributed by atoms with Gasteiger partial charge in [-0.2, -0.15) is 13.2 Å². The molecule has 1 amide bonds. The Bertz CT molecular complexity index is 1050. The number of benzene rings is 1. The van der Waals surface area contributed by atoms with Crippen LogP contribution >= 0.6 is 0 Å². The van der Waals surface area contributed by atoms with Crippen LogP contribution in [0.5, 0.6) is 5.88 Å². The Labute approximate surface area is 177 Å². The van der Waals surface area contributed by atoms with Crippen LogP contribution in [0.4, 0.5) is 18.9 Å². The van der Waals surface area contributed by atoms with E-state index in [0.717, 1.165) is 17.7 Å². The Balaban J connectivity index is 1.79. The average Bonchev–Trinajstić information content (AvgIpc) is 2.79. The van der Waals surface area contributed by atoms with Crippen molar-refractivity contribution in [1.82, 2.24) is 9.97 Å². The number of carbonyl (C=O) groups excluding carboxylic acids is 1. The van der Waals surface area contributed by atoms with Gasteiger partial charge in [0.15, 0.2) is 0 Å². The fourth-order valence-corrected chi connectivity index (χ4v) is 3.05. The first-order valence-corrected chi connectivity index (χ1v) is 9.39. The number of rotatable bonds is 7. The third-order valence-corrected chi connectivity index (χ3v) is 4.66. The summed E-state index contributed by atoms with van der Waals surface area (Å²) in [6.07, 6.45) is 0.452. The van der Waals surface area contributed by atoms with E-state index in [-0.39, 0.29) is 5.91 Å². The quantitative estimate of drug-likeness (QED) is 0.502. The molecular formula is C23H20F3N3O2. The Morgan fingerprint density at radius 1 is 1.13 bits per heavy atom. The molecule has 8 heteroatoms. The smallest absolute Gasteiger partial charge is 0.416 e. The average molecular weight is 427 g/mol. The first-order valence-electron chi connectivity index (χ1n) is 9.39. The summed E-state index contributed by atoms with van der Waals surface area (Å²) < 4.78 is 43.5. The summed E-state index contributed by atoms with van der Waals surface area (Å²) in [4.78, 5) is 22.4. The van der Waals surface area contributed by atoms with E-state index in [2.05, 4.69) is 16.5 Å². The highest BCUT2D eigenvalue weighted by Gasteiger charge is 2.30. The lowest BCUT2D eigenvalue weighted by molar-refractivity contribution is -0.137. The Morgan fingerprint density at radius 3 is 2.45 bits per heavy atom. The number of hydrogen-bond donors (Lipinski definition) is 0. The highest BCUT2D eigenvalue weighted by Crippen LogP contribution is 2.31. The van der Waals surface area contributed by atoms with Gasteiger partial charge in [-0.3, -0.25) is 9.78 Å². The summed E-state index contributed by atoms with van der Waals surface area (Å²) in [5, 5.41) is 0. The van der Waals surface area contributed by atoms with Gasteiger partial charge < -0.3 is 9.64 Å². The number of hydrogen-bond acceptors (Lipinski definition) is 4. The van der Waals surface area contributed by atoms with Crippen molar-refractivity contribution in [3.63, 3.8) is 0 Å². The van der Waals surface area contributed by atoms with Gasteiger partial charge in [0.1, 0.15) is 0 Å². The Kier molecular flexibility index (Phi) is 6.69. The molecule has 3 aromatic rings. The molecule has 0 bridgehead atoms. The Morgan fingerprint density at radius 2 is 1.87 bits per heavy atom. The van der Waals surface area contributed by atoms with E-state index in [1.807, 2.05) is 6.07 Å². The molecule has 1 aromatic carbocycles. The molecule has 0 saturated heterocycles. The van der Waals surface area contributed by atoms with Crippen LogP contribution in [0.1, 0.15) is 11.1 Å².